The summed E-state index contributed by atoms with van der Waals surface area (Å²) in [7, 11) is 2.00. The van der Waals surface area contributed by atoms with E-state index in [9.17, 15) is 4.79 Å². The number of nitrogens with zero attached hydrogens (tertiary/aromatic N) is 4. The third kappa shape index (κ3) is 3.16. The molecule has 0 aliphatic rings. The molecule has 0 saturated heterocycles. The van der Waals surface area contributed by atoms with Gasteiger partial charge in [-0.05, 0) is 31.3 Å². The van der Waals surface area contributed by atoms with E-state index >= 15 is 0 Å². The first-order valence-corrected chi connectivity index (χ1v) is 8.18. The molecule has 4 aromatic rings. The van der Waals surface area contributed by atoms with Crippen LogP contribution in [-0.4, -0.2) is 33.0 Å². The predicted octanol–water partition coefficient (Wildman–Crippen LogP) is 2.67. The molecule has 0 unspecified atom stereocenters. The van der Waals surface area contributed by atoms with Gasteiger partial charge in [0.2, 0.25) is 0 Å². The number of benzene rings is 2. The van der Waals surface area contributed by atoms with Gasteiger partial charge in [-0.3, -0.25) is 14.5 Å². The Hall–Kier alpha value is -2.99. The first-order valence-electron chi connectivity index (χ1n) is 8.18. The van der Waals surface area contributed by atoms with Crippen LogP contribution in [0.5, 0.6) is 0 Å². The molecule has 0 amide bonds. The lowest BCUT2D eigenvalue weighted by Crippen LogP contribution is -2.26. The molecule has 6 heteroatoms. The number of oxazole rings is 1. The van der Waals surface area contributed by atoms with Crippen molar-refractivity contribution in [3.63, 3.8) is 0 Å². The highest BCUT2D eigenvalue weighted by molar-refractivity contribution is 5.73. The van der Waals surface area contributed by atoms with Crippen molar-refractivity contribution in [1.29, 1.82) is 0 Å². The van der Waals surface area contributed by atoms with Gasteiger partial charge in [0.1, 0.15) is 0 Å². The van der Waals surface area contributed by atoms with E-state index in [4.69, 9.17) is 4.42 Å². The molecule has 2 aromatic carbocycles. The van der Waals surface area contributed by atoms with Crippen molar-refractivity contribution in [2.24, 2.45) is 0 Å². The molecule has 126 valence electrons. The molecule has 25 heavy (non-hydrogen) atoms. The van der Waals surface area contributed by atoms with Crippen LogP contribution in [0.4, 0.5) is 0 Å². The molecule has 0 bridgehead atoms. The normalized spacial score (nSPS) is 11.6. The lowest BCUT2D eigenvalue weighted by molar-refractivity contribution is 0.304. The van der Waals surface area contributed by atoms with E-state index in [-0.39, 0.29) is 5.76 Å². The maximum atomic E-state index is 12.0. The van der Waals surface area contributed by atoms with Gasteiger partial charge >= 0.3 is 5.76 Å². The average molecular weight is 334 g/mol. The smallest absolute Gasteiger partial charge is 0.408 e. The predicted molar refractivity (Wildman–Crippen MR) is 96.3 cm³/mol. The second-order valence-electron chi connectivity index (χ2n) is 6.08. The third-order valence-electron chi connectivity index (χ3n) is 4.21. The van der Waals surface area contributed by atoms with Crippen molar-refractivity contribution in [1.82, 2.24) is 19.4 Å². The lowest BCUT2D eigenvalue weighted by Gasteiger charge is -2.16. The molecule has 4 rings (SSSR count). The Morgan fingerprint density at radius 1 is 1.08 bits per heavy atom. The van der Waals surface area contributed by atoms with Crippen LogP contribution in [0.2, 0.25) is 0 Å². The maximum absolute atomic E-state index is 12.0. The SMILES string of the molecule is CN(CCn1c(=O)oc2ccccc21)Cc1cnc2ccccc2n1. The van der Waals surface area contributed by atoms with Crippen molar-refractivity contribution in [3.05, 3.63) is 71.0 Å². The van der Waals surface area contributed by atoms with E-state index in [1.165, 1.54) is 0 Å². The van der Waals surface area contributed by atoms with Gasteiger partial charge in [0, 0.05) is 19.6 Å². The first kappa shape index (κ1) is 15.5. The van der Waals surface area contributed by atoms with Crippen LogP contribution in [0.3, 0.4) is 0 Å². The van der Waals surface area contributed by atoms with Crippen molar-refractivity contribution in [2.45, 2.75) is 13.1 Å². The highest BCUT2D eigenvalue weighted by Crippen LogP contribution is 2.12. The van der Waals surface area contributed by atoms with Gasteiger partial charge in [0.25, 0.3) is 0 Å². The zero-order valence-corrected chi connectivity index (χ0v) is 13.9. The minimum absolute atomic E-state index is 0.319. The number of hydrogen-bond acceptors (Lipinski definition) is 5. The monoisotopic (exact) mass is 334 g/mol. The highest BCUT2D eigenvalue weighted by atomic mass is 16.4. The second-order valence-corrected chi connectivity index (χ2v) is 6.08. The van der Waals surface area contributed by atoms with Crippen LogP contribution >= 0.6 is 0 Å². The number of hydrogen-bond donors (Lipinski definition) is 0. The fourth-order valence-corrected chi connectivity index (χ4v) is 2.92. The topological polar surface area (TPSA) is 64.2 Å². The quantitative estimate of drug-likeness (QED) is 0.561. The molecular formula is C19H18N4O2. The van der Waals surface area contributed by atoms with E-state index in [2.05, 4.69) is 14.9 Å². The molecular weight excluding hydrogens is 316 g/mol. The summed E-state index contributed by atoms with van der Waals surface area (Å²) in [5.74, 6) is -0.319. The first-order chi connectivity index (χ1) is 12.2. The largest absolute Gasteiger partial charge is 0.419 e. The molecule has 0 atom stereocenters. The number of para-hydroxylation sites is 4. The molecule has 0 aliphatic carbocycles. The summed E-state index contributed by atoms with van der Waals surface area (Å²) in [5, 5.41) is 0. The van der Waals surface area contributed by atoms with Crippen LogP contribution in [0, 0.1) is 0 Å². The summed E-state index contributed by atoms with van der Waals surface area (Å²) in [4.78, 5) is 23.2. The Kier molecular flexibility index (Phi) is 4.03. The number of likely N-dealkylation sites (N-methyl/N-ethyl adjacent to an activating group) is 1. The van der Waals surface area contributed by atoms with Crippen LogP contribution in [0.15, 0.2) is 63.9 Å². The molecule has 2 aromatic heterocycles. The summed E-state index contributed by atoms with van der Waals surface area (Å²) in [6.45, 7) is 1.94. The highest BCUT2D eigenvalue weighted by Gasteiger charge is 2.10. The molecule has 0 N–H and O–H groups in total. The summed E-state index contributed by atoms with van der Waals surface area (Å²) in [6, 6.07) is 15.3. The van der Waals surface area contributed by atoms with Crippen molar-refractivity contribution in [3.8, 4) is 0 Å². The number of aromatic nitrogens is 3. The fourth-order valence-electron chi connectivity index (χ4n) is 2.92. The van der Waals surface area contributed by atoms with Crippen LogP contribution in [-0.2, 0) is 13.1 Å². The van der Waals surface area contributed by atoms with Crippen molar-refractivity contribution >= 4 is 22.1 Å². The van der Waals surface area contributed by atoms with E-state index < -0.39 is 0 Å². The standard InChI is InChI=1S/C19H18N4O2/c1-22(13-14-12-20-15-6-2-3-7-16(15)21-14)10-11-23-17-8-4-5-9-18(17)25-19(23)24/h2-9,12H,10-11,13H2,1H3. The minimum atomic E-state index is -0.319. The molecule has 2 heterocycles. The van der Waals surface area contributed by atoms with Gasteiger partial charge in [0.15, 0.2) is 5.58 Å². The van der Waals surface area contributed by atoms with E-state index in [0.29, 0.717) is 25.2 Å². The van der Waals surface area contributed by atoms with Gasteiger partial charge < -0.3 is 4.42 Å². The Morgan fingerprint density at radius 2 is 1.84 bits per heavy atom. The molecule has 0 radical (unpaired) electrons. The maximum Gasteiger partial charge on any atom is 0.419 e. The van der Waals surface area contributed by atoms with Gasteiger partial charge in [-0.1, -0.05) is 24.3 Å². The van der Waals surface area contributed by atoms with Gasteiger partial charge in [0.05, 0.1) is 28.4 Å². The lowest BCUT2D eigenvalue weighted by atomic mass is 10.3. The van der Waals surface area contributed by atoms with E-state index in [0.717, 1.165) is 22.2 Å². The van der Waals surface area contributed by atoms with Crippen molar-refractivity contribution < 1.29 is 4.42 Å². The summed E-state index contributed by atoms with van der Waals surface area (Å²) in [6.07, 6.45) is 1.80. The Bertz CT molecular complexity index is 1080. The van der Waals surface area contributed by atoms with Gasteiger partial charge in [-0.15, -0.1) is 0 Å². The fraction of sp³-hybridized carbons (Fsp3) is 0.211. The Labute approximate surface area is 144 Å². The Morgan fingerprint density at radius 3 is 2.72 bits per heavy atom. The van der Waals surface area contributed by atoms with Crippen LogP contribution in [0.25, 0.3) is 22.1 Å². The molecule has 0 spiro atoms. The average Bonchev–Trinajstić information content (AvgIpc) is 2.95. The van der Waals surface area contributed by atoms with Crippen LogP contribution < -0.4 is 5.76 Å². The Balaban J connectivity index is 1.47. The summed E-state index contributed by atoms with van der Waals surface area (Å²) in [5.41, 5.74) is 4.14. The van der Waals surface area contributed by atoms with Crippen molar-refractivity contribution in [2.75, 3.05) is 13.6 Å². The van der Waals surface area contributed by atoms with Crippen LogP contribution in [0.1, 0.15) is 5.69 Å². The molecule has 0 fully saturated rings. The summed E-state index contributed by atoms with van der Waals surface area (Å²) >= 11 is 0. The second kappa shape index (κ2) is 6.49. The minimum Gasteiger partial charge on any atom is -0.408 e. The van der Waals surface area contributed by atoms with Gasteiger partial charge in [-0.25, -0.2) is 9.78 Å². The number of fused-ring (bicyclic) bond motifs is 2. The van der Waals surface area contributed by atoms with E-state index in [1.807, 2.05) is 55.6 Å². The zero-order valence-electron chi connectivity index (χ0n) is 13.9. The molecule has 0 saturated carbocycles. The van der Waals surface area contributed by atoms with E-state index in [1.54, 1.807) is 10.8 Å². The molecule has 0 aliphatic heterocycles. The number of rotatable bonds is 5. The molecule has 6 nitrogen and oxygen atoms in total. The van der Waals surface area contributed by atoms with Gasteiger partial charge in [-0.2, -0.15) is 0 Å². The zero-order chi connectivity index (χ0) is 17.2. The summed E-state index contributed by atoms with van der Waals surface area (Å²) < 4.78 is 6.93. The third-order valence-corrected chi connectivity index (χ3v) is 4.21.